The third-order valence-corrected chi connectivity index (χ3v) is 13.5. The molecule has 2 aromatic rings. The molecule has 2 aromatic carbocycles. The molecule has 6 heteroatoms. The van der Waals surface area contributed by atoms with E-state index in [9.17, 15) is 4.79 Å². The maximum absolute atomic E-state index is 13.6. The molecular weight excluding hydrogens is 444 g/mol. The molecule has 3 fully saturated rings. The van der Waals surface area contributed by atoms with Crippen LogP contribution in [0.1, 0.15) is 40.0 Å². The molecule has 1 unspecified atom stereocenters. The van der Waals surface area contributed by atoms with Crippen LogP contribution in [-0.4, -0.2) is 47.0 Å². The van der Waals surface area contributed by atoms with Gasteiger partial charge < -0.3 is 18.6 Å². The van der Waals surface area contributed by atoms with E-state index in [1.54, 1.807) is 0 Å². The predicted octanol–water partition coefficient (Wildman–Crippen LogP) is 3.90. The molecule has 182 valence electrons. The number of fused-ring (bicyclic) bond motifs is 3. The number of carbonyl (C=O) groups is 1. The fraction of sp³-hybridized carbons (Fsp3) is 0.536. The second kappa shape index (κ2) is 8.59. The van der Waals surface area contributed by atoms with Gasteiger partial charge in [0, 0.05) is 12.3 Å². The number of hydrogen-bond donors (Lipinski definition) is 0. The van der Waals surface area contributed by atoms with E-state index in [0.717, 1.165) is 19.3 Å². The maximum Gasteiger partial charge on any atom is 0.314 e. The van der Waals surface area contributed by atoms with Crippen molar-refractivity contribution in [1.29, 1.82) is 0 Å². The second-order valence-corrected chi connectivity index (χ2v) is 15.3. The number of ether oxygens (including phenoxy) is 3. The highest BCUT2D eigenvalue weighted by Crippen LogP contribution is 2.65. The fourth-order valence-corrected chi connectivity index (χ4v) is 11.7. The molecule has 1 aliphatic heterocycles. The second-order valence-electron chi connectivity index (χ2n) is 11.0. The number of rotatable bonds is 6. The molecule has 1 spiro atoms. The van der Waals surface area contributed by atoms with Crippen LogP contribution in [0.25, 0.3) is 0 Å². The Morgan fingerprint density at radius 2 is 1.53 bits per heavy atom. The minimum absolute atomic E-state index is 0.0573. The minimum atomic E-state index is -2.79. The Kier molecular flexibility index (Phi) is 6.00. The van der Waals surface area contributed by atoms with Gasteiger partial charge in [-0.05, 0) is 34.2 Å². The summed E-state index contributed by atoms with van der Waals surface area (Å²) in [7, 11) is -1.30. The first kappa shape index (κ1) is 23.7. The van der Waals surface area contributed by atoms with Crippen LogP contribution in [-0.2, 0) is 23.4 Å². The van der Waals surface area contributed by atoms with Gasteiger partial charge in [-0.25, -0.2) is 0 Å². The van der Waals surface area contributed by atoms with E-state index in [1.807, 2.05) is 12.1 Å². The zero-order valence-corrected chi connectivity index (χ0v) is 21.7. The largest absolute Gasteiger partial charge is 0.469 e. The van der Waals surface area contributed by atoms with Crippen LogP contribution in [0.2, 0.25) is 5.04 Å². The Balaban J connectivity index is 1.61. The van der Waals surface area contributed by atoms with Crippen molar-refractivity contribution < 1.29 is 23.4 Å². The molecule has 0 aromatic heterocycles. The summed E-state index contributed by atoms with van der Waals surface area (Å²) in [6.07, 6.45) is 2.60. The van der Waals surface area contributed by atoms with E-state index in [2.05, 4.69) is 69.3 Å². The van der Waals surface area contributed by atoms with Crippen molar-refractivity contribution in [2.24, 2.45) is 17.3 Å². The quantitative estimate of drug-likeness (QED) is 0.464. The van der Waals surface area contributed by atoms with Crippen molar-refractivity contribution in [3.05, 3.63) is 60.7 Å². The molecule has 0 radical (unpaired) electrons. The van der Waals surface area contributed by atoms with E-state index in [0.29, 0.717) is 19.8 Å². The first-order valence-electron chi connectivity index (χ1n) is 12.4. The highest BCUT2D eigenvalue weighted by atomic mass is 28.4. The Bertz CT molecular complexity index is 973. The number of carbonyl (C=O) groups excluding carboxylic acids is 1. The molecule has 5 rings (SSSR count). The first-order chi connectivity index (χ1) is 16.3. The molecular formula is C28H36O5Si. The summed E-state index contributed by atoms with van der Waals surface area (Å²) < 4.78 is 25.1. The summed E-state index contributed by atoms with van der Waals surface area (Å²) in [5.41, 5.74) is -0.758. The van der Waals surface area contributed by atoms with Crippen LogP contribution in [0.3, 0.4) is 0 Å². The molecule has 0 amide bonds. The molecule has 2 bridgehead atoms. The topological polar surface area (TPSA) is 54.0 Å². The van der Waals surface area contributed by atoms with Gasteiger partial charge in [0.15, 0.2) is 5.79 Å². The lowest BCUT2D eigenvalue weighted by Crippen LogP contribution is -2.67. The van der Waals surface area contributed by atoms with E-state index in [1.165, 1.54) is 17.5 Å². The SMILES string of the molecule is COC(=O)C1(CO[Si](c2ccccc2)(c2ccccc2)C(C)(C)C)[C@@H]2CC[C@H]1C1(C2)OCCO1. The predicted molar refractivity (Wildman–Crippen MR) is 133 cm³/mol. The van der Waals surface area contributed by atoms with Crippen LogP contribution in [0, 0.1) is 17.3 Å². The molecule has 1 heterocycles. The Morgan fingerprint density at radius 1 is 0.971 bits per heavy atom. The van der Waals surface area contributed by atoms with Crippen LogP contribution in [0.5, 0.6) is 0 Å². The average molecular weight is 481 g/mol. The monoisotopic (exact) mass is 480 g/mol. The van der Waals surface area contributed by atoms with Gasteiger partial charge in [0.05, 0.1) is 26.9 Å². The van der Waals surface area contributed by atoms with E-state index >= 15 is 0 Å². The fourth-order valence-electron chi connectivity index (χ4n) is 7.10. The van der Waals surface area contributed by atoms with Gasteiger partial charge in [-0.2, -0.15) is 0 Å². The Morgan fingerprint density at radius 3 is 2.03 bits per heavy atom. The zero-order valence-electron chi connectivity index (χ0n) is 20.7. The first-order valence-corrected chi connectivity index (χ1v) is 14.3. The van der Waals surface area contributed by atoms with Gasteiger partial charge >= 0.3 is 5.97 Å². The van der Waals surface area contributed by atoms with Gasteiger partial charge in [0.2, 0.25) is 0 Å². The van der Waals surface area contributed by atoms with Crippen LogP contribution in [0.4, 0.5) is 0 Å². The Labute approximate surface area is 203 Å². The van der Waals surface area contributed by atoms with Gasteiger partial charge in [-0.1, -0.05) is 81.4 Å². The minimum Gasteiger partial charge on any atom is -0.469 e. The molecule has 2 saturated carbocycles. The zero-order chi connectivity index (χ0) is 24.0. The smallest absolute Gasteiger partial charge is 0.314 e. The molecule has 2 aliphatic carbocycles. The molecule has 5 nitrogen and oxygen atoms in total. The number of methoxy groups -OCH3 is 1. The van der Waals surface area contributed by atoms with Crippen LogP contribution < -0.4 is 10.4 Å². The number of hydrogen-bond acceptors (Lipinski definition) is 5. The van der Waals surface area contributed by atoms with Gasteiger partial charge in [-0.3, -0.25) is 4.79 Å². The lowest BCUT2D eigenvalue weighted by Gasteiger charge is -2.45. The number of esters is 1. The van der Waals surface area contributed by atoms with Crippen LogP contribution >= 0.6 is 0 Å². The summed E-state index contributed by atoms with van der Waals surface area (Å²) in [6.45, 7) is 8.26. The standard InChI is InChI=1S/C28H36O5Si/c1-26(2,3)34(22-11-7-5-8-12-22,23-13-9-6-10-14-23)33-20-27(25(29)30-4)21-15-16-24(27)28(19-21)31-17-18-32-28/h5-14,21,24H,15-20H2,1-4H3/t21-,24-,27?/m1/s1. The summed E-state index contributed by atoms with van der Waals surface area (Å²) in [4.78, 5) is 13.6. The van der Waals surface area contributed by atoms with Crippen molar-refractivity contribution in [3.8, 4) is 0 Å². The lowest BCUT2D eigenvalue weighted by atomic mass is 9.77. The molecule has 3 aliphatic rings. The number of benzene rings is 2. The molecule has 3 atom stereocenters. The molecule has 1 saturated heterocycles. The van der Waals surface area contributed by atoms with Crippen LogP contribution in [0.15, 0.2) is 60.7 Å². The van der Waals surface area contributed by atoms with E-state index in [4.69, 9.17) is 18.6 Å². The van der Waals surface area contributed by atoms with Crippen molar-refractivity contribution in [3.63, 3.8) is 0 Å². The van der Waals surface area contributed by atoms with Crippen molar-refractivity contribution in [2.45, 2.75) is 50.9 Å². The third kappa shape index (κ3) is 3.34. The average Bonchev–Trinajstić information content (AvgIpc) is 3.52. The van der Waals surface area contributed by atoms with Crippen molar-refractivity contribution in [1.82, 2.24) is 0 Å². The summed E-state index contributed by atoms with van der Waals surface area (Å²) in [6, 6.07) is 21.2. The summed E-state index contributed by atoms with van der Waals surface area (Å²) >= 11 is 0. The van der Waals surface area contributed by atoms with Gasteiger partial charge in [0.25, 0.3) is 8.32 Å². The third-order valence-electron chi connectivity index (χ3n) is 8.50. The normalized spacial score (nSPS) is 27.9. The maximum atomic E-state index is 13.6. The van der Waals surface area contributed by atoms with E-state index < -0.39 is 19.5 Å². The highest BCUT2D eigenvalue weighted by Gasteiger charge is 2.72. The van der Waals surface area contributed by atoms with Gasteiger partial charge in [-0.15, -0.1) is 0 Å². The van der Waals surface area contributed by atoms with Gasteiger partial charge in [0.1, 0.15) is 5.41 Å². The van der Waals surface area contributed by atoms with E-state index in [-0.39, 0.29) is 22.8 Å². The summed E-state index contributed by atoms with van der Waals surface area (Å²) in [5, 5.41) is 2.26. The Hall–Kier alpha value is -1.99. The molecule has 0 N–H and O–H groups in total. The van der Waals surface area contributed by atoms with Crippen molar-refractivity contribution >= 4 is 24.7 Å². The highest BCUT2D eigenvalue weighted by molar-refractivity contribution is 6.99. The lowest BCUT2D eigenvalue weighted by molar-refractivity contribution is -0.204. The summed E-state index contributed by atoms with van der Waals surface area (Å²) in [5.74, 6) is -0.792. The molecule has 34 heavy (non-hydrogen) atoms. The van der Waals surface area contributed by atoms with Crippen molar-refractivity contribution in [2.75, 3.05) is 26.9 Å².